The molecule has 2 unspecified atom stereocenters. The minimum atomic E-state index is -3.46. The van der Waals surface area contributed by atoms with Gasteiger partial charge in [-0.3, -0.25) is 0 Å². The number of aliphatic hydroxyl groups excluding tert-OH is 1. The topological polar surface area (TPSA) is 78.9 Å². The van der Waals surface area contributed by atoms with Crippen molar-refractivity contribution in [3.63, 3.8) is 0 Å². The van der Waals surface area contributed by atoms with Crippen LogP contribution in [0.3, 0.4) is 0 Å². The zero-order valence-electron chi connectivity index (χ0n) is 10.6. The van der Waals surface area contributed by atoms with Crippen LogP contribution in [0.4, 0.5) is 0 Å². The molecule has 0 bridgehead atoms. The number of nitrogens with zero attached hydrogens (tertiary/aromatic N) is 1. The maximum absolute atomic E-state index is 12.0. The predicted octanol–water partition coefficient (Wildman–Crippen LogP) is -0.442. The lowest BCUT2D eigenvalue weighted by molar-refractivity contribution is -0.0753. The Bertz CT molecular complexity index is 331. The van der Waals surface area contributed by atoms with Gasteiger partial charge in [0, 0.05) is 19.6 Å². The number of hydrogen-bond donors (Lipinski definition) is 2. The van der Waals surface area contributed by atoms with Crippen LogP contribution in [0, 0.1) is 5.92 Å². The molecule has 1 aliphatic rings. The van der Waals surface area contributed by atoms with Gasteiger partial charge in [0.25, 0.3) is 10.2 Å². The highest BCUT2D eigenvalue weighted by Crippen LogP contribution is 2.13. The molecule has 0 aromatic rings. The molecule has 17 heavy (non-hydrogen) atoms. The molecule has 0 radical (unpaired) electrons. The molecule has 1 rings (SSSR count). The molecule has 1 heterocycles. The third kappa shape index (κ3) is 4.51. The maximum atomic E-state index is 12.0. The summed E-state index contributed by atoms with van der Waals surface area (Å²) in [5.41, 5.74) is 0. The number of aliphatic hydroxyl groups is 1. The zero-order valence-corrected chi connectivity index (χ0v) is 11.4. The number of nitrogens with one attached hydrogen (secondary N) is 1. The van der Waals surface area contributed by atoms with Crippen molar-refractivity contribution in [1.82, 2.24) is 9.03 Å². The average molecular weight is 266 g/mol. The highest BCUT2D eigenvalue weighted by atomic mass is 32.2. The van der Waals surface area contributed by atoms with Gasteiger partial charge in [-0.25, -0.2) is 4.72 Å². The van der Waals surface area contributed by atoms with E-state index in [0.717, 1.165) is 0 Å². The smallest absolute Gasteiger partial charge is 0.279 e. The van der Waals surface area contributed by atoms with Gasteiger partial charge in [-0.1, -0.05) is 13.8 Å². The standard InChI is InChI=1S/C10H22N2O4S/c1-8(2)4-11-17(14,15)12-5-9(3)16-10(6-12)7-13/h8-11,13H,4-7H2,1-3H3. The van der Waals surface area contributed by atoms with Crippen molar-refractivity contribution in [3.05, 3.63) is 0 Å². The summed E-state index contributed by atoms with van der Waals surface area (Å²) in [5.74, 6) is 0.261. The van der Waals surface area contributed by atoms with Gasteiger partial charge in [-0.05, 0) is 12.8 Å². The molecule has 1 fully saturated rings. The summed E-state index contributed by atoms with van der Waals surface area (Å²) in [7, 11) is -3.46. The van der Waals surface area contributed by atoms with Crippen LogP contribution in [-0.4, -0.2) is 56.3 Å². The lowest BCUT2D eigenvalue weighted by Gasteiger charge is -2.35. The van der Waals surface area contributed by atoms with Gasteiger partial charge in [0.05, 0.1) is 18.8 Å². The fraction of sp³-hybridized carbons (Fsp3) is 1.00. The van der Waals surface area contributed by atoms with Crippen LogP contribution in [0.5, 0.6) is 0 Å². The highest BCUT2D eigenvalue weighted by Gasteiger charge is 2.32. The highest BCUT2D eigenvalue weighted by molar-refractivity contribution is 7.87. The Morgan fingerprint density at radius 2 is 2.12 bits per heavy atom. The lowest BCUT2D eigenvalue weighted by atomic mass is 10.2. The van der Waals surface area contributed by atoms with Crippen molar-refractivity contribution in [2.24, 2.45) is 5.92 Å². The van der Waals surface area contributed by atoms with Gasteiger partial charge in [-0.2, -0.15) is 12.7 Å². The zero-order chi connectivity index (χ0) is 13.1. The van der Waals surface area contributed by atoms with E-state index in [0.29, 0.717) is 13.1 Å². The summed E-state index contributed by atoms with van der Waals surface area (Å²) in [6.07, 6.45) is -0.633. The van der Waals surface area contributed by atoms with Crippen LogP contribution >= 0.6 is 0 Å². The lowest BCUT2D eigenvalue weighted by Crippen LogP contribution is -2.53. The monoisotopic (exact) mass is 266 g/mol. The Morgan fingerprint density at radius 3 is 2.65 bits per heavy atom. The summed E-state index contributed by atoms with van der Waals surface area (Å²) < 4.78 is 33.2. The number of ether oxygens (including phenoxy) is 1. The van der Waals surface area contributed by atoms with Crippen LogP contribution in [-0.2, 0) is 14.9 Å². The molecular formula is C10H22N2O4S. The third-order valence-electron chi connectivity index (χ3n) is 2.51. The summed E-state index contributed by atoms with van der Waals surface area (Å²) in [5, 5.41) is 9.04. The van der Waals surface area contributed by atoms with Crippen molar-refractivity contribution in [3.8, 4) is 0 Å². The van der Waals surface area contributed by atoms with Gasteiger partial charge in [0.15, 0.2) is 0 Å². The third-order valence-corrected chi connectivity index (χ3v) is 4.02. The van der Waals surface area contributed by atoms with Crippen molar-refractivity contribution in [2.45, 2.75) is 33.0 Å². The van der Waals surface area contributed by atoms with Gasteiger partial charge < -0.3 is 9.84 Å². The minimum absolute atomic E-state index is 0.166. The van der Waals surface area contributed by atoms with E-state index in [1.54, 1.807) is 6.92 Å². The molecule has 2 N–H and O–H groups in total. The molecule has 1 aliphatic heterocycles. The van der Waals surface area contributed by atoms with Crippen LogP contribution in [0.25, 0.3) is 0 Å². The molecule has 0 aliphatic carbocycles. The van der Waals surface area contributed by atoms with Crippen LogP contribution in [0.15, 0.2) is 0 Å². The predicted molar refractivity (Wildman–Crippen MR) is 64.8 cm³/mol. The van der Waals surface area contributed by atoms with Gasteiger partial charge in [-0.15, -0.1) is 0 Å². The first kappa shape index (κ1) is 14.8. The molecule has 7 heteroatoms. The summed E-state index contributed by atoms with van der Waals surface area (Å²) in [6, 6.07) is 0. The Hall–Kier alpha value is -0.210. The van der Waals surface area contributed by atoms with Gasteiger partial charge in [0.2, 0.25) is 0 Å². The molecule has 0 spiro atoms. The Morgan fingerprint density at radius 1 is 1.47 bits per heavy atom. The molecule has 0 saturated carbocycles. The van der Waals surface area contributed by atoms with Crippen molar-refractivity contribution in [2.75, 3.05) is 26.2 Å². The van der Waals surface area contributed by atoms with E-state index in [4.69, 9.17) is 9.84 Å². The van der Waals surface area contributed by atoms with E-state index in [1.165, 1.54) is 4.31 Å². The molecule has 1 saturated heterocycles. The molecule has 0 aromatic heterocycles. The van der Waals surface area contributed by atoms with E-state index in [2.05, 4.69) is 4.72 Å². The first-order valence-corrected chi connectivity index (χ1v) is 7.30. The van der Waals surface area contributed by atoms with Crippen molar-refractivity contribution in [1.29, 1.82) is 0 Å². The number of hydrogen-bond acceptors (Lipinski definition) is 4. The van der Waals surface area contributed by atoms with E-state index in [1.807, 2.05) is 13.8 Å². The molecule has 0 amide bonds. The maximum Gasteiger partial charge on any atom is 0.279 e. The van der Waals surface area contributed by atoms with Crippen LogP contribution in [0.1, 0.15) is 20.8 Å². The first-order valence-electron chi connectivity index (χ1n) is 5.86. The normalized spacial score (nSPS) is 27.6. The first-order chi connectivity index (χ1) is 7.85. The number of morpholine rings is 1. The van der Waals surface area contributed by atoms with Gasteiger partial charge >= 0.3 is 0 Å². The van der Waals surface area contributed by atoms with E-state index in [9.17, 15) is 8.42 Å². The van der Waals surface area contributed by atoms with E-state index < -0.39 is 16.3 Å². The second-order valence-electron chi connectivity index (χ2n) is 4.82. The Balaban J connectivity index is 2.63. The fourth-order valence-corrected chi connectivity index (χ4v) is 3.16. The van der Waals surface area contributed by atoms with Crippen LogP contribution < -0.4 is 4.72 Å². The molecule has 102 valence electrons. The Labute approximate surface area is 103 Å². The van der Waals surface area contributed by atoms with Crippen molar-refractivity contribution >= 4 is 10.2 Å². The Kier molecular flexibility index (Phi) is 5.33. The molecule has 2 atom stereocenters. The fourth-order valence-electron chi connectivity index (χ4n) is 1.66. The second-order valence-corrected chi connectivity index (χ2v) is 6.57. The minimum Gasteiger partial charge on any atom is -0.394 e. The largest absolute Gasteiger partial charge is 0.394 e. The second kappa shape index (κ2) is 6.10. The SMILES string of the molecule is CC(C)CNS(=O)(=O)N1CC(C)OC(CO)C1. The van der Waals surface area contributed by atoms with Crippen LogP contribution in [0.2, 0.25) is 0 Å². The molecule has 0 aromatic carbocycles. The summed E-state index contributed by atoms with van der Waals surface area (Å²) in [4.78, 5) is 0. The average Bonchev–Trinajstić information content (AvgIpc) is 2.25. The van der Waals surface area contributed by atoms with Gasteiger partial charge in [0.1, 0.15) is 0 Å². The summed E-state index contributed by atoms with van der Waals surface area (Å²) >= 11 is 0. The molecular weight excluding hydrogens is 244 g/mol. The van der Waals surface area contributed by atoms with E-state index >= 15 is 0 Å². The van der Waals surface area contributed by atoms with E-state index in [-0.39, 0.29) is 25.2 Å². The van der Waals surface area contributed by atoms with Crippen molar-refractivity contribution < 1.29 is 18.3 Å². The quantitative estimate of drug-likeness (QED) is 0.707. The number of rotatable bonds is 5. The summed E-state index contributed by atoms with van der Waals surface area (Å²) in [6.45, 7) is 6.46. The molecule has 6 nitrogen and oxygen atoms in total.